The molecule has 84 valence electrons. The van der Waals surface area contributed by atoms with Gasteiger partial charge in [0.1, 0.15) is 5.54 Å². The summed E-state index contributed by atoms with van der Waals surface area (Å²) in [6.45, 7) is 8.18. The second-order valence-electron chi connectivity index (χ2n) is 4.22. The number of primary amides is 1. The summed E-state index contributed by atoms with van der Waals surface area (Å²) >= 11 is 0. The van der Waals surface area contributed by atoms with E-state index in [0.717, 1.165) is 0 Å². The standard InChI is InChI=1S/C10H22N2O2/c1-7(2)10(6-14-5,9(11)13)12-8(3)4/h7-8,12H,6H2,1-5H3,(H2,11,13). The first kappa shape index (κ1) is 13.4. The molecule has 4 heteroatoms. The average Bonchev–Trinajstić information content (AvgIpc) is 2.01. The van der Waals surface area contributed by atoms with Crippen LogP contribution in [0.25, 0.3) is 0 Å². The van der Waals surface area contributed by atoms with Gasteiger partial charge in [-0.05, 0) is 19.8 Å². The van der Waals surface area contributed by atoms with Gasteiger partial charge >= 0.3 is 0 Å². The van der Waals surface area contributed by atoms with E-state index in [2.05, 4.69) is 5.32 Å². The van der Waals surface area contributed by atoms with E-state index in [-0.39, 0.29) is 17.9 Å². The first-order chi connectivity index (χ1) is 6.36. The molecule has 0 fully saturated rings. The maximum absolute atomic E-state index is 11.5. The fourth-order valence-corrected chi connectivity index (χ4v) is 1.54. The van der Waals surface area contributed by atoms with Crippen molar-refractivity contribution in [2.24, 2.45) is 11.7 Å². The second-order valence-corrected chi connectivity index (χ2v) is 4.22. The molecule has 3 N–H and O–H groups in total. The van der Waals surface area contributed by atoms with Gasteiger partial charge in [-0.25, -0.2) is 0 Å². The lowest BCUT2D eigenvalue weighted by atomic mass is 9.85. The molecular weight excluding hydrogens is 180 g/mol. The summed E-state index contributed by atoms with van der Waals surface area (Å²) in [5.41, 5.74) is 4.66. The third kappa shape index (κ3) is 2.96. The summed E-state index contributed by atoms with van der Waals surface area (Å²) in [5.74, 6) is -0.259. The fraction of sp³-hybridized carbons (Fsp3) is 0.900. The predicted molar refractivity (Wildman–Crippen MR) is 56.9 cm³/mol. The van der Waals surface area contributed by atoms with Gasteiger partial charge < -0.3 is 10.5 Å². The van der Waals surface area contributed by atoms with Crippen molar-refractivity contribution in [3.63, 3.8) is 0 Å². The molecule has 0 heterocycles. The molecular formula is C10H22N2O2. The van der Waals surface area contributed by atoms with Crippen molar-refractivity contribution in [1.29, 1.82) is 0 Å². The highest BCUT2D eigenvalue weighted by atomic mass is 16.5. The molecule has 0 bridgehead atoms. The number of nitrogens with two attached hydrogens (primary N) is 1. The van der Waals surface area contributed by atoms with Gasteiger partial charge in [0.2, 0.25) is 5.91 Å². The summed E-state index contributed by atoms with van der Waals surface area (Å²) < 4.78 is 5.07. The molecule has 0 aliphatic heterocycles. The minimum Gasteiger partial charge on any atom is -0.382 e. The van der Waals surface area contributed by atoms with E-state index < -0.39 is 5.54 Å². The van der Waals surface area contributed by atoms with Gasteiger partial charge in [-0.2, -0.15) is 0 Å². The van der Waals surface area contributed by atoms with Gasteiger partial charge in [0.05, 0.1) is 6.61 Å². The van der Waals surface area contributed by atoms with Crippen molar-refractivity contribution >= 4 is 5.91 Å². The largest absolute Gasteiger partial charge is 0.382 e. The van der Waals surface area contributed by atoms with Gasteiger partial charge in [0, 0.05) is 13.2 Å². The quantitative estimate of drug-likeness (QED) is 0.659. The lowest BCUT2D eigenvalue weighted by Crippen LogP contribution is -2.63. The smallest absolute Gasteiger partial charge is 0.240 e. The van der Waals surface area contributed by atoms with Crippen LogP contribution in [-0.2, 0) is 9.53 Å². The molecule has 0 rings (SSSR count). The van der Waals surface area contributed by atoms with Crippen molar-refractivity contribution in [2.45, 2.75) is 39.3 Å². The Bertz CT molecular complexity index is 193. The Morgan fingerprint density at radius 2 is 1.93 bits per heavy atom. The maximum atomic E-state index is 11.5. The number of ether oxygens (including phenoxy) is 1. The predicted octanol–water partition coefficient (Wildman–Crippen LogP) is 0.511. The second kappa shape index (κ2) is 5.32. The lowest BCUT2D eigenvalue weighted by Gasteiger charge is -2.36. The van der Waals surface area contributed by atoms with Crippen LogP contribution in [0.5, 0.6) is 0 Å². The monoisotopic (exact) mass is 202 g/mol. The topological polar surface area (TPSA) is 64.3 Å². The molecule has 14 heavy (non-hydrogen) atoms. The number of hydrogen-bond acceptors (Lipinski definition) is 3. The molecule has 1 atom stereocenters. The van der Waals surface area contributed by atoms with Crippen LogP contribution in [-0.4, -0.2) is 31.2 Å². The summed E-state index contributed by atoms with van der Waals surface area (Å²) in [4.78, 5) is 11.5. The zero-order chi connectivity index (χ0) is 11.4. The van der Waals surface area contributed by atoms with E-state index in [1.165, 1.54) is 0 Å². The molecule has 0 saturated carbocycles. The van der Waals surface area contributed by atoms with E-state index in [0.29, 0.717) is 6.61 Å². The van der Waals surface area contributed by atoms with E-state index in [9.17, 15) is 4.79 Å². The number of amides is 1. The molecule has 1 unspecified atom stereocenters. The van der Waals surface area contributed by atoms with Crippen LogP contribution in [0.4, 0.5) is 0 Å². The average molecular weight is 202 g/mol. The normalized spacial score (nSPS) is 15.9. The number of hydrogen-bond donors (Lipinski definition) is 2. The van der Waals surface area contributed by atoms with Gasteiger partial charge in [-0.15, -0.1) is 0 Å². The first-order valence-corrected chi connectivity index (χ1v) is 4.93. The van der Waals surface area contributed by atoms with Crippen molar-refractivity contribution in [3.05, 3.63) is 0 Å². The van der Waals surface area contributed by atoms with Crippen LogP contribution in [0.1, 0.15) is 27.7 Å². The molecule has 0 spiro atoms. The molecule has 0 aromatic rings. The van der Waals surface area contributed by atoms with E-state index in [1.807, 2.05) is 27.7 Å². The lowest BCUT2D eigenvalue weighted by molar-refractivity contribution is -0.129. The van der Waals surface area contributed by atoms with Gasteiger partial charge in [0.25, 0.3) is 0 Å². The first-order valence-electron chi connectivity index (χ1n) is 4.93. The third-order valence-corrected chi connectivity index (χ3v) is 2.34. The van der Waals surface area contributed by atoms with Crippen LogP contribution < -0.4 is 11.1 Å². The van der Waals surface area contributed by atoms with Crippen LogP contribution >= 0.6 is 0 Å². The minimum atomic E-state index is -0.761. The number of carbonyl (C=O) groups is 1. The number of methoxy groups -OCH3 is 1. The number of nitrogens with one attached hydrogen (secondary N) is 1. The summed E-state index contributed by atoms with van der Waals surface area (Å²) in [5, 5.41) is 3.19. The van der Waals surface area contributed by atoms with Crippen LogP contribution in [0, 0.1) is 5.92 Å². The van der Waals surface area contributed by atoms with Crippen molar-refractivity contribution < 1.29 is 9.53 Å². The molecule has 4 nitrogen and oxygen atoms in total. The highest BCUT2D eigenvalue weighted by molar-refractivity contribution is 5.85. The molecule has 0 aliphatic rings. The minimum absolute atomic E-state index is 0.0994. The van der Waals surface area contributed by atoms with Gasteiger partial charge in [-0.3, -0.25) is 10.1 Å². The summed E-state index contributed by atoms with van der Waals surface area (Å²) in [6, 6.07) is 0.194. The Labute approximate surface area is 86.2 Å². The third-order valence-electron chi connectivity index (χ3n) is 2.34. The Morgan fingerprint density at radius 3 is 2.14 bits per heavy atom. The van der Waals surface area contributed by atoms with Crippen molar-refractivity contribution in [2.75, 3.05) is 13.7 Å². The van der Waals surface area contributed by atoms with Gasteiger partial charge in [0.15, 0.2) is 0 Å². The molecule has 1 amide bonds. The molecule has 0 aromatic carbocycles. The Morgan fingerprint density at radius 1 is 1.43 bits per heavy atom. The highest BCUT2D eigenvalue weighted by Crippen LogP contribution is 2.18. The molecule has 0 saturated heterocycles. The van der Waals surface area contributed by atoms with Crippen LogP contribution in [0.2, 0.25) is 0 Å². The van der Waals surface area contributed by atoms with Crippen molar-refractivity contribution in [1.82, 2.24) is 5.32 Å². The maximum Gasteiger partial charge on any atom is 0.240 e. The molecule has 0 aliphatic carbocycles. The van der Waals surface area contributed by atoms with E-state index >= 15 is 0 Å². The molecule has 0 aromatic heterocycles. The highest BCUT2D eigenvalue weighted by Gasteiger charge is 2.40. The van der Waals surface area contributed by atoms with Crippen LogP contribution in [0.3, 0.4) is 0 Å². The molecule has 0 radical (unpaired) electrons. The van der Waals surface area contributed by atoms with Gasteiger partial charge in [-0.1, -0.05) is 13.8 Å². The Balaban J connectivity index is 4.84. The zero-order valence-corrected chi connectivity index (χ0v) is 9.76. The Kier molecular flexibility index (Phi) is 5.08. The summed E-state index contributed by atoms with van der Waals surface area (Å²) in [6.07, 6.45) is 0. The Hall–Kier alpha value is -0.610. The number of carbonyl (C=O) groups excluding carboxylic acids is 1. The van der Waals surface area contributed by atoms with Crippen LogP contribution in [0.15, 0.2) is 0 Å². The summed E-state index contributed by atoms with van der Waals surface area (Å²) in [7, 11) is 1.57. The zero-order valence-electron chi connectivity index (χ0n) is 9.76. The fourth-order valence-electron chi connectivity index (χ4n) is 1.54. The van der Waals surface area contributed by atoms with E-state index in [4.69, 9.17) is 10.5 Å². The van der Waals surface area contributed by atoms with E-state index in [1.54, 1.807) is 7.11 Å². The SMILES string of the molecule is COCC(NC(C)C)(C(N)=O)C(C)C. The van der Waals surface area contributed by atoms with Crippen molar-refractivity contribution in [3.8, 4) is 0 Å². The number of rotatable bonds is 6.